The van der Waals surface area contributed by atoms with E-state index in [2.05, 4.69) is 16.8 Å². The first kappa shape index (κ1) is 16.7. The normalized spacial score (nSPS) is 23.4. The Kier molecular flexibility index (Phi) is 6.45. The molecule has 0 bridgehead atoms. The van der Waals surface area contributed by atoms with E-state index in [0.29, 0.717) is 25.4 Å². The van der Waals surface area contributed by atoms with Gasteiger partial charge in [0.25, 0.3) is 0 Å². The van der Waals surface area contributed by atoms with Crippen molar-refractivity contribution < 1.29 is 9.90 Å². The van der Waals surface area contributed by atoms with Crippen molar-refractivity contribution in [3.63, 3.8) is 0 Å². The van der Waals surface area contributed by atoms with Crippen molar-refractivity contribution in [1.29, 1.82) is 0 Å². The Morgan fingerprint density at radius 3 is 2.48 bits per heavy atom. The molecule has 122 valence electrons. The average molecular weight is 297 g/mol. The lowest BCUT2D eigenvalue weighted by Gasteiger charge is -2.34. The fraction of sp³-hybridized carbons (Fsp3) is 0.938. The summed E-state index contributed by atoms with van der Waals surface area (Å²) in [4.78, 5) is 18.5. The number of hydrogen-bond donors (Lipinski definition) is 1. The number of carbonyl (C=O) groups is 1. The number of amides is 1. The number of β-amino-alcohol motifs (C(OH)–C–C–N with tert-alkyl or cyclic N) is 1. The van der Waals surface area contributed by atoms with E-state index < -0.39 is 6.10 Å². The maximum absolute atomic E-state index is 12.2. The number of piperazine rings is 1. The average Bonchev–Trinajstić information content (AvgIpc) is 2.94. The zero-order valence-electron chi connectivity index (χ0n) is 13.6. The van der Waals surface area contributed by atoms with Gasteiger partial charge in [0, 0.05) is 52.7 Å². The highest BCUT2D eigenvalue weighted by atomic mass is 16.3. The first-order valence-electron chi connectivity index (χ1n) is 8.37. The summed E-state index contributed by atoms with van der Waals surface area (Å²) >= 11 is 0. The molecule has 2 rings (SSSR count). The topological polar surface area (TPSA) is 47.0 Å². The number of rotatable bonds is 6. The second kappa shape index (κ2) is 8.11. The molecule has 0 aromatic heterocycles. The van der Waals surface area contributed by atoms with Crippen molar-refractivity contribution in [2.45, 2.75) is 38.2 Å². The Bertz CT molecular complexity index is 323. The maximum Gasteiger partial charge on any atom is 0.222 e. The van der Waals surface area contributed by atoms with E-state index in [0.717, 1.165) is 26.2 Å². The van der Waals surface area contributed by atoms with Gasteiger partial charge in [-0.05, 0) is 25.8 Å². The highest BCUT2D eigenvalue weighted by molar-refractivity contribution is 5.76. The number of hydrogen-bond acceptors (Lipinski definition) is 4. The summed E-state index contributed by atoms with van der Waals surface area (Å²) in [5.74, 6) is 0.772. The zero-order chi connectivity index (χ0) is 15.2. The molecule has 1 aliphatic heterocycles. The molecule has 0 radical (unpaired) electrons. The molecule has 1 saturated heterocycles. The molecule has 1 aliphatic carbocycles. The van der Waals surface area contributed by atoms with Gasteiger partial charge in [-0.15, -0.1) is 0 Å². The van der Waals surface area contributed by atoms with Gasteiger partial charge in [0.1, 0.15) is 0 Å². The number of nitrogens with zero attached hydrogens (tertiary/aromatic N) is 3. The third kappa shape index (κ3) is 5.57. The van der Waals surface area contributed by atoms with Crippen LogP contribution in [0, 0.1) is 5.92 Å². The van der Waals surface area contributed by atoms with E-state index in [1.807, 2.05) is 7.05 Å². The second-order valence-corrected chi connectivity index (χ2v) is 6.89. The fourth-order valence-electron chi connectivity index (χ4n) is 3.42. The van der Waals surface area contributed by atoms with Gasteiger partial charge in [0.2, 0.25) is 5.91 Å². The molecule has 5 nitrogen and oxygen atoms in total. The predicted molar refractivity (Wildman–Crippen MR) is 84.2 cm³/mol. The van der Waals surface area contributed by atoms with E-state index in [1.54, 1.807) is 4.90 Å². The van der Waals surface area contributed by atoms with E-state index in [9.17, 15) is 9.90 Å². The zero-order valence-corrected chi connectivity index (χ0v) is 13.6. The molecule has 21 heavy (non-hydrogen) atoms. The SMILES string of the molecule is CN1CCN(CC(O)CN(C)C(=O)CC2CCCC2)CC1. The molecule has 0 aromatic carbocycles. The Morgan fingerprint density at radius 2 is 1.86 bits per heavy atom. The third-order valence-electron chi connectivity index (χ3n) is 4.91. The standard InChI is InChI=1S/C16H31N3O2/c1-17-7-9-19(10-8-17)13-15(20)12-18(2)16(21)11-14-5-3-4-6-14/h14-15,20H,3-13H2,1-2H3. The van der Waals surface area contributed by atoms with Crippen molar-refractivity contribution in [2.75, 3.05) is 53.4 Å². The molecule has 5 heteroatoms. The second-order valence-electron chi connectivity index (χ2n) is 6.89. The minimum absolute atomic E-state index is 0.194. The maximum atomic E-state index is 12.2. The molecule has 1 saturated carbocycles. The van der Waals surface area contributed by atoms with Crippen molar-refractivity contribution in [3.05, 3.63) is 0 Å². The van der Waals surface area contributed by atoms with Crippen LogP contribution in [0.2, 0.25) is 0 Å². The molecule has 2 fully saturated rings. The van der Waals surface area contributed by atoms with Gasteiger partial charge in [0.15, 0.2) is 0 Å². The first-order valence-corrected chi connectivity index (χ1v) is 8.37. The lowest BCUT2D eigenvalue weighted by atomic mass is 10.0. The Morgan fingerprint density at radius 1 is 1.24 bits per heavy atom. The minimum atomic E-state index is -0.439. The van der Waals surface area contributed by atoms with E-state index in [1.165, 1.54) is 25.7 Å². The molecule has 2 aliphatic rings. The molecule has 0 spiro atoms. The quantitative estimate of drug-likeness (QED) is 0.781. The molecule has 1 amide bonds. The lowest BCUT2D eigenvalue weighted by Crippen LogP contribution is -2.49. The monoisotopic (exact) mass is 297 g/mol. The van der Waals surface area contributed by atoms with Crippen molar-refractivity contribution in [1.82, 2.24) is 14.7 Å². The van der Waals surface area contributed by atoms with Gasteiger partial charge < -0.3 is 14.9 Å². The highest BCUT2D eigenvalue weighted by Gasteiger charge is 2.23. The Hall–Kier alpha value is -0.650. The number of aliphatic hydroxyl groups is 1. The smallest absolute Gasteiger partial charge is 0.222 e. The summed E-state index contributed by atoms with van der Waals surface area (Å²) in [6.07, 6.45) is 5.16. The summed E-state index contributed by atoms with van der Waals surface area (Å²) in [7, 11) is 3.95. The molecular formula is C16H31N3O2. The number of aliphatic hydroxyl groups excluding tert-OH is 1. The van der Waals surface area contributed by atoms with Crippen LogP contribution in [0.25, 0.3) is 0 Å². The van der Waals surface area contributed by atoms with Crippen molar-refractivity contribution in [3.8, 4) is 0 Å². The summed E-state index contributed by atoms with van der Waals surface area (Å²) in [6, 6.07) is 0. The van der Waals surface area contributed by atoms with Crippen LogP contribution >= 0.6 is 0 Å². The van der Waals surface area contributed by atoms with Gasteiger partial charge in [-0.25, -0.2) is 0 Å². The van der Waals surface area contributed by atoms with E-state index in [4.69, 9.17) is 0 Å². The van der Waals surface area contributed by atoms with Crippen LogP contribution < -0.4 is 0 Å². The van der Waals surface area contributed by atoms with Crippen LogP contribution in [-0.2, 0) is 4.79 Å². The van der Waals surface area contributed by atoms with E-state index in [-0.39, 0.29) is 5.91 Å². The van der Waals surface area contributed by atoms with Gasteiger partial charge in [0.05, 0.1) is 6.10 Å². The summed E-state index contributed by atoms with van der Waals surface area (Å²) in [5, 5.41) is 10.2. The van der Waals surface area contributed by atoms with Crippen LogP contribution in [0.5, 0.6) is 0 Å². The van der Waals surface area contributed by atoms with E-state index >= 15 is 0 Å². The van der Waals surface area contributed by atoms with Crippen molar-refractivity contribution >= 4 is 5.91 Å². The molecule has 1 unspecified atom stereocenters. The Balaban J connectivity index is 1.66. The van der Waals surface area contributed by atoms with Gasteiger partial charge in [-0.2, -0.15) is 0 Å². The summed E-state index contributed by atoms with van der Waals surface area (Å²) < 4.78 is 0. The Labute approximate surface area is 128 Å². The molecule has 1 atom stereocenters. The van der Waals surface area contributed by atoms with Gasteiger partial charge in [-0.3, -0.25) is 9.69 Å². The fourth-order valence-corrected chi connectivity index (χ4v) is 3.42. The minimum Gasteiger partial charge on any atom is -0.390 e. The highest BCUT2D eigenvalue weighted by Crippen LogP contribution is 2.27. The third-order valence-corrected chi connectivity index (χ3v) is 4.91. The number of carbonyl (C=O) groups excluding carboxylic acids is 1. The predicted octanol–water partition coefficient (Wildman–Crippen LogP) is 0.633. The lowest BCUT2D eigenvalue weighted by molar-refractivity contribution is -0.132. The molecule has 0 aromatic rings. The van der Waals surface area contributed by atoms with Crippen LogP contribution in [0.4, 0.5) is 0 Å². The number of likely N-dealkylation sites (N-methyl/N-ethyl adjacent to an activating group) is 2. The van der Waals surface area contributed by atoms with Crippen LogP contribution in [0.1, 0.15) is 32.1 Å². The molecule has 1 heterocycles. The first-order chi connectivity index (χ1) is 10.0. The van der Waals surface area contributed by atoms with Crippen LogP contribution in [-0.4, -0.2) is 85.2 Å². The molecular weight excluding hydrogens is 266 g/mol. The van der Waals surface area contributed by atoms with Crippen LogP contribution in [0.3, 0.4) is 0 Å². The van der Waals surface area contributed by atoms with Crippen LogP contribution in [0.15, 0.2) is 0 Å². The summed E-state index contributed by atoms with van der Waals surface area (Å²) in [6.45, 7) is 5.26. The van der Waals surface area contributed by atoms with Gasteiger partial charge >= 0.3 is 0 Å². The molecule has 1 N–H and O–H groups in total. The van der Waals surface area contributed by atoms with Crippen molar-refractivity contribution in [2.24, 2.45) is 5.92 Å². The van der Waals surface area contributed by atoms with Gasteiger partial charge in [-0.1, -0.05) is 12.8 Å². The largest absolute Gasteiger partial charge is 0.390 e. The summed E-state index contributed by atoms with van der Waals surface area (Å²) in [5.41, 5.74) is 0.